The lowest BCUT2D eigenvalue weighted by Gasteiger charge is -2.41. The molecule has 5 rings (SSSR count). The van der Waals surface area contributed by atoms with Crippen LogP contribution in [0.2, 0.25) is 0 Å². The van der Waals surface area contributed by atoms with E-state index in [2.05, 4.69) is 5.01 Å². The minimum absolute atomic E-state index is 0.0305. The number of carbonyl (C=O) groups excluding carboxylic acids is 2. The van der Waals surface area contributed by atoms with Gasteiger partial charge in [0.25, 0.3) is 0 Å². The van der Waals surface area contributed by atoms with Crippen LogP contribution in [-0.2, 0) is 9.59 Å². The molecule has 124 valence electrons. The third kappa shape index (κ3) is 1.52. The third-order valence-electron chi connectivity index (χ3n) is 6.14. The molecule has 2 amide bonds. The first-order chi connectivity index (χ1) is 11.6. The molecule has 0 N–H and O–H groups in total. The van der Waals surface area contributed by atoms with Crippen LogP contribution < -0.4 is 5.12 Å². The van der Waals surface area contributed by atoms with Crippen LogP contribution in [0.4, 0.5) is 5.69 Å². The predicted molar refractivity (Wildman–Crippen MR) is 89.0 cm³/mol. The molecule has 6 nitrogen and oxygen atoms in total. The fourth-order valence-electron chi connectivity index (χ4n) is 5.08. The van der Waals surface area contributed by atoms with Crippen molar-refractivity contribution in [2.45, 2.75) is 31.2 Å². The summed E-state index contributed by atoms with van der Waals surface area (Å²) in [7, 11) is 1.62. The van der Waals surface area contributed by atoms with E-state index in [0.717, 1.165) is 37.1 Å². The van der Waals surface area contributed by atoms with Crippen molar-refractivity contribution in [3.63, 3.8) is 0 Å². The number of rotatable bonds is 1. The van der Waals surface area contributed by atoms with Crippen LogP contribution in [-0.4, -0.2) is 46.6 Å². The summed E-state index contributed by atoms with van der Waals surface area (Å²) in [5.74, 6) is -0.580. The number of amides is 2. The van der Waals surface area contributed by atoms with Crippen molar-refractivity contribution in [3.8, 4) is 0 Å². The number of para-hydroxylation sites is 1. The number of fused-ring (bicyclic) bond motifs is 1. The minimum atomic E-state index is -0.393. The molecule has 1 saturated carbocycles. The summed E-state index contributed by atoms with van der Waals surface area (Å²) in [5.41, 5.74) is 1.68. The Morgan fingerprint density at radius 2 is 1.92 bits per heavy atom. The van der Waals surface area contributed by atoms with Gasteiger partial charge in [0, 0.05) is 13.6 Å². The van der Waals surface area contributed by atoms with Crippen LogP contribution in [0.15, 0.2) is 35.4 Å². The number of anilines is 1. The number of imide groups is 1. The molecule has 2 saturated heterocycles. The minimum Gasteiger partial charge on any atom is -0.285 e. The number of hydrazine groups is 1. The van der Waals surface area contributed by atoms with Crippen LogP contribution in [0.5, 0.6) is 0 Å². The zero-order valence-electron chi connectivity index (χ0n) is 13.7. The quantitative estimate of drug-likeness (QED) is 0.737. The second-order valence-electron chi connectivity index (χ2n) is 7.20. The molecule has 4 aliphatic rings. The van der Waals surface area contributed by atoms with Gasteiger partial charge in [0.05, 0.1) is 28.8 Å². The molecule has 3 aliphatic heterocycles. The number of carbonyl (C=O) groups is 2. The van der Waals surface area contributed by atoms with Crippen LogP contribution in [0.3, 0.4) is 0 Å². The maximum Gasteiger partial charge on any atom is 0.235 e. The van der Waals surface area contributed by atoms with E-state index in [1.54, 1.807) is 7.05 Å². The molecule has 3 heterocycles. The zero-order chi connectivity index (χ0) is 16.5. The number of hydrogen-bond acceptors (Lipinski definition) is 5. The molecule has 0 radical (unpaired) electrons. The molecule has 1 spiro atoms. The monoisotopic (exact) mass is 324 g/mol. The Bertz CT molecular complexity index is 762. The molecule has 1 aliphatic carbocycles. The van der Waals surface area contributed by atoms with Crippen molar-refractivity contribution in [3.05, 3.63) is 30.3 Å². The van der Waals surface area contributed by atoms with Gasteiger partial charge in [0.15, 0.2) is 0 Å². The van der Waals surface area contributed by atoms with Crippen molar-refractivity contribution in [2.75, 3.05) is 18.7 Å². The Hall–Kier alpha value is -2.21. The van der Waals surface area contributed by atoms with E-state index in [1.165, 1.54) is 4.90 Å². The SMILES string of the molecule is CN1C(=O)[C@@H]2[C@@H](CN3N(c4ccccc4)N=C4CCCC[C@]423)C1=O. The van der Waals surface area contributed by atoms with Crippen molar-refractivity contribution >= 4 is 23.2 Å². The standard InChI is InChI=1S/C18H20N4O2/c1-20-16(23)13-11-21-18(15(13)17(20)24)10-6-5-9-14(18)19-22(21)12-7-3-2-4-8-12/h2-4,7-8,13,15H,5-6,9-11H2,1H3/t13-,15+,18+/m1/s1. The summed E-state index contributed by atoms with van der Waals surface area (Å²) in [6, 6.07) is 10.0. The normalized spacial score (nSPS) is 35.1. The first kappa shape index (κ1) is 14.2. The smallest absolute Gasteiger partial charge is 0.235 e. The molecule has 6 heteroatoms. The van der Waals surface area contributed by atoms with Crippen molar-refractivity contribution in [2.24, 2.45) is 16.9 Å². The summed E-state index contributed by atoms with van der Waals surface area (Å²) >= 11 is 0. The number of likely N-dealkylation sites (tertiary alicyclic amines) is 1. The Morgan fingerprint density at radius 1 is 1.12 bits per heavy atom. The van der Waals surface area contributed by atoms with Gasteiger partial charge in [-0.25, -0.2) is 0 Å². The number of nitrogens with zero attached hydrogens (tertiary/aromatic N) is 4. The summed E-state index contributed by atoms with van der Waals surface area (Å²) in [5, 5.41) is 9.04. The molecular formula is C18H20N4O2. The second kappa shape index (κ2) is 4.66. The summed E-state index contributed by atoms with van der Waals surface area (Å²) in [6.07, 6.45) is 4.00. The van der Waals surface area contributed by atoms with Gasteiger partial charge in [-0.1, -0.05) is 24.6 Å². The lowest BCUT2D eigenvalue weighted by molar-refractivity contribution is -0.139. The molecule has 0 bridgehead atoms. The lowest BCUT2D eigenvalue weighted by Crippen LogP contribution is -2.57. The van der Waals surface area contributed by atoms with Gasteiger partial charge in [-0.05, 0) is 31.4 Å². The molecule has 3 fully saturated rings. The van der Waals surface area contributed by atoms with E-state index >= 15 is 0 Å². The van der Waals surface area contributed by atoms with Crippen LogP contribution in [0.25, 0.3) is 0 Å². The van der Waals surface area contributed by atoms with Gasteiger partial charge in [-0.15, -0.1) is 0 Å². The molecule has 1 aromatic carbocycles. The first-order valence-corrected chi connectivity index (χ1v) is 8.67. The van der Waals surface area contributed by atoms with Crippen molar-refractivity contribution in [1.82, 2.24) is 9.91 Å². The van der Waals surface area contributed by atoms with Gasteiger partial charge in [0.2, 0.25) is 11.8 Å². The number of hydrazone groups is 1. The molecular weight excluding hydrogens is 304 g/mol. The van der Waals surface area contributed by atoms with E-state index in [9.17, 15) is 9.59 Å². The molecule has 3 atom stereocenters. The van der Waals surface area contributed by atoms with Gasteiger partial charge in [-0.3, -0.25) is 14.5 Å². The fourth-order valence-corrected chi connectivity index (χ4v) is 5.08. The molecule has 0 unspecified atom stereocenters. The van der Waals surface area contributed by atoms with Gasteiger partial charge in [-0.2, -0.15) is 15.2 Å². The summed E-state index contributed by atoms with van der Waals surface area (Å²) in [6.45, 7) is 0.571. The Morgan fingerprint density at radius 3 is 2.71 bits per heavy atom. The van der Waals surface area contributed by atoms with E-state index < -0.39 is 5.54 Å². The third-order valence-corrected chi connectivity index (χ3v) is 6.14. The fraction of sp³-hybridized carbons (Fsp3) is 0.500. The highest BCUT2D eigenvalue weighted by Crippen LogP contribution is 2.54. The highest BCUT2D eigenvalue weighted by molar-refractivity contribution is 6.11. The topological polar surface area (TPSA) is 56.2 Å². The van der Waals surface area contributed by atoms with E-state index in [-0.39, 0.29) is 23.7 Å². The maximum absolute atomic E-state index is 12.8. The average Bonchev–Trinajstić information content (AvgIpc) is 3.18. The largest absolute Gasteiger partial charge is 0.285 e. The second-order valence-corrected chi connectivity index (χ2v) is 7.20. The first-order valence-electron chi connectivity index (χ1n) is 8.67. The highest BCUT2D eigenvalue weighted by atomic mass is 16.2. The Labute approximate surface area is 140 Å². The number of benzene rings is 1. The van der Waals surface area contributed by atoms with Crippen LogP contribution in [0.1, 0.15) is 25.7 Å². The average molecular weight is 324 g/mol. The van der Waals surface area contributed by atoms with Crippen molar-refractivity contribution < 1.29 is 9.59 Å². The van der Waals surface area contributed by atoms with Gasteiger partial charge >= 0.3 is 0 Å². The zero-order valence-corrected chi connectivity index (χ0v) is 13.7. The highest BCUT2D eigenvalue weighted by Gasteiger charge is 2.69. The predicted octanol–water partition coefficient (Wildman–Crippen LogP) is 1.64. The lowest BCUT2D eigenvalue weighted by atomic mass is 9.70. The van der Waals surface area contributed by atoms with Gasteiger partial charge < -0.3 is 0 Å². The van der Waals surface area contributed by atoms with E-state index in [4.69, 9.17) is 5.10 Å². The summed E-state index contributed by atoms with van der Waals surface area (Å²) < 4.78 is 0. The molecule has 0 aromatic heterocycles. The van der Waals surface area contributed by atoms with E-state index in [0.29, 0.717) is 6.54 Å². The number of hydrogen-bond donors (Lipinski definition) is 0. The Kier molecular flexibility index (Phi) is 2.75. The maximum atomic E-state index is 12.8. The molecule has 24 heavy (non-hydrogen) atoms. The Balaban J connectivity index is 1.65. The van der Waals surface area contributed by atoms with E-state index in [1.807, 2.05) is 35.4 Å². The van der Waals surface area contributed by atoms with Crippen molar-refractivity contribution in [1.29, 1.82) is 0 Å². The molecule has 1 aromatic rings. The van der Waals surface area contributed by atoms with Crippen LogP contribution >= 0.6 is 0 Å². The summed E-state index contributed by atoms with van der Waals surface area (Å²) in [4.78, 5) is 26.7. The van der Waals surface area contributed by atoms with Crippen LogP contribution in [0, 0.1) is 11.8 Å². The van der Waals surface area contributed by atoms with Gasteiger partial charge in [0.1, 0.15) is 0 Å².